The van der Waals surface area contributed by atoms with E-state index in [1.807, 2.05) is 0 Å². The van der Waals surface area contributed by atoms with E-state index in [1.54, 1.807) is 75.4 Å². The van der Waals surface area contributed by atoms with Gasteiger partial charge in [-0.25, -0.2) is 26.4 Å². The molecule has 3 aromatic rings. The number of amides is 1. The molecule has 5 rings (SSSR count). The lowest BCUT2D eigenvalue weighted by molar-refractivity contribution is -0.387. The van der Waals surface area contributed by atoms with Gasteiger partial charge in [0.05, 0.1) is 27.5 Å². The predicted octanol–water partition coefficient (Wildman–Crippen LogP) is 5.04. The van der Waals surface area contributed by atoms with Crippen molar-refractivity contribution in [3.05, 3.63) is 122 Å². The first-order chi connectivity index (χ1) is 24.0. The highest BCUT2D eigenvalue weighted by molar-refractivity contribution is 9.10. The van der Waals surface area contributed by atoms with Crippen molar-refractivity contribution in [1.82, 2.24) is 13.9 Å². The van der Waals surface area contributed by atoms with Gasteiger partial charge < -0.3 is 14.8 Å². The van der Waals surface area contributed by atoms with Crippen LogP contribution in [0, 0.1) is 10.1 Å². The molecule has 1 N–H and O–H groups in total. The molecule has 51 heavy (non-hydrogen) atoms. The lowest BCUT2D eigenvalue weighted by Crippen LogP contribution is -2.49. The van der Waals surface area contributed by atoms with E-state index in [2.05, 4.69) is 21.2 Å². The molecule has 14 nitrogen and oxygen atoms in total. The van der Waals surface area contributed by atoms with Crippen LogP contribution in [-0.2, 0) is 29.5 Å². The van der Waals surface area contributed by atoms with Crippen molar-refractivity contribution in [2.45, 2.75) is 48.2 Å². The van der Waals surface area contributed by atoms with Gasteiger partial charge >= 0.3 is 12.1 Å². The maximum absolute atomic E-state index is 14.0. The van der Waals surface area contributed by atoms with Crippen LogP contribution in [-0.4, -0.2) is 86.4 Å². The molecule has 0 unspecified atom stereocenters. The van der Waals surface area contributed by atoms with E-state index < -0.39 is 65.3 Å². The minimum atomic E-state index is -4.53. The number of nitro groups is 1. The molecule has 2 aliphatic rings. The lowest BCUT2D eigenvalue weighted by Gasteiger charge is -2.33. The normalized spacial score (nSPS) is 18.7. The number of hydrogen-bond donors (Lipinski definition) is 1. The minimum absolute atomic E-state index is 0.0255. The summed E-state index contributed by atoms with van der Waals surface area (Å²) in [6.45, 7) is 3.77. The molecule has 2 heterocycles. The van der Waals surface area contributed by atoms with E-state index in [0.717, 1.165) is 20.7 Å². The molecule has 0 bridgehead atoms. The number of benzene rings is 3. The summed E-state index contributed by atoms with van der Waals surface area (Å²) in [5, 5.41) is 14.4. The quantitative estimate of drug-likeness (QED) is 0.166. The second-order valence-corrected chi connectivity index (χ2v) is 17.4. The zero-order valence-corrected chi connectivity index (χ0v) is 31.0. The first-order valence-electron chi connectivity index (χ1n) is 15.6. The number of carbonyl (C=O) groups excluding carboxylic acids is 2. The highest BCUT2D eigenvalue weighted by Gasteiger charge is 2.41. The standard InChI is InChI=1S/C34H35BrN4O10S2/c1-34(2,3)49-33(41)36-27-17-24(19-37(21-27)51(46,47)31-12-8-7-11-30(31)39(42)43)25-18-28(22-48-32(40)23-9-5-4-6-10-23)38(20-25)50(44,45)29-15-13-26(35)14-16-29/h4-18,27-28H,19-22H2,1-3H3,(H,36,41)/t27-,28+/m1/s1. The average Bonchev–Trinajstić information content (AvgIpc) is 3.52. The second kappa shape index (κ2) is 15.1. The Morgan fingerprint density at radius 2 is 1.53 bits per heavy atom. The van der Waals surface area contributed by atoms with Gasteiger partial charge in [0.15, 0.2) is 4.90 Å². The number of esters is 1. The Balaban J connectivity index is 1.53. The Morgan fingerprint density at radius 1 is 0.902 bits per heavy atom. The smallest absolute Gasteiger partial charge is 0.408 e. The van der Waals surface area contributed by atoms with Crippen LogP contribution >= 0.6 is 15.9 Å². The summed E-state index contributed by atoms with van der Waals surface area (Å²) >= 11 is 3.31. The van der Waals surface area contributed by atoms with Crippen LogP contribution in [0.4, 0.5) is 10.5 Å². The summed E-state index contributed by atoms with van der Waals surface area (Å²) in [4.78, 5) is 36.1. The summed E-state index contributed by atoms with van der Waals surface area (Å²) in [6.07, 6.45) is 2.34. The Morgan fingerprint density at radius 3 is 2.18 bits per heavy atom. The molecule has 0 radical (unpaired) electrons. The predicted molar refractivity (Wildman–Crippen MR) is 190 cm³/mol. The number of sulfonamides is 2. The summed E-state index contributed by atoms with van der Waals surface area (Å²) in [6, 6.07) is 17.1. The van der Waals surface area contributed by atoms with Gasteiger partial charge in [0.25, 0.3) is 5.69 Å². The molecular formula is C34H35BrN4O10S2. The fourth-order valence-corrected chi connectivity index (χ4v) is 8.95. The largest absolute Gasteiger partial charge is 0.460 e. The van der Waals surface area contributed by atoms with E-state index >= 15 is 0 Å². The van der Waals surface area contributed by atoms with Gasteiger partial charge in [-0.05, 0) is 74.4 Å². The van der Waals surface area contributed by atoms with E-state index in [9.17, 15) is 36.5 Å². The maximum atomic E-state index is 14.0. The summed E-state index contributed by atoms with van der Waals surface area (Å²) in [5.74, 6) is -0.668. The molecule has 0 fully saturated rings. The van der Waals surface area contributed by atoms with Crippen molar-refractivity contribution in [2.24, 2.45) is 0 Å². The number of ether oxygens (including phenoxy) is 2. The number of hydrogen-bond acceptors (Lipinski definition) is 10. The van der Waals surface area contributed by atoms with E-state index in [1.165, 1.54) is 24.3 Å². The van der Waals surface area contributed by atoms with Gasteiger partial charge in [0.2, 0.25) is 20.0 Å². The zero-order chi connectivity index (χ0) is 37.1. The monoisotopic (exact) mass is 802 g/mol. The Bertz CT molecular complexity index is 2100. The fraction of sp³-hybridized carbons (Fsp3) is 0.294. The van der Waals surface area contributed by atoms with Gasteiger partial charge in [0, 0.05) is 30.2 Å². The summed E-state index contributed by atoms with van der Waals surface area (Å²) in [7, 11) is -8.73. The molecule has 0 aromatic heterocycles. The van der Waals surface area contributed by atoms with Gasteiger partial charge in [-0.2, -0.15) is 8.61 Å². The summed E-state index contributed by atoms with van der Waals surface area (Å²) in [5.41, 5.74) is -0.518. The van der Waals surface area contributed by atoms with E-state index in [0.29, 0.717) is 15.6 Å². The topological polar surface area (TPSA) is 183 Å². The number of nitrogens with zero attached hydrogens (tertiary/aromatic N) is 3. The minimum Gasteiger partial charge on any atom is -0.460 e. The van der Waals surface area contributed by atoms with Crippen molar-refractivity contribution in [3.8, 4) is 0 Å². The number of nitrogens with one attached hydrogen (secondary N) is 1. The number of halogens is 1. The highest BCUT2D eigenvalue weighted by atomic mass is 79.9. The van der Waals surface area contributed by atoms with Crippen LogP contribution in [0.1, 0.15) is 31.1 Å². The summed E-state index contributed by atoms with van der Waals surface area (Å²) < 4.78 is 69.8. The first-order valence-corrected chi connectivity index (χ1v) is 19.3. The Labute approximate surface area is 304 Å². The third-order valence-electron chi connectivity index (χ3n) is 7.85. The van der Waals surface area contributed by atoms with Crippen LogP contribution in [0.25, 0.3) is 0 Å². The second-order valence-electron chi connectivity index (χ2n) is 12.7. The molecule has 0 spiro atoms. The molecular weight excluding hydrogens is 768 g/mol. The molecule has 2 aliphatic heterocycles. The number of alkyl carbamates (subject to hydrolysis) is 1. The molecule has 0 saturated carbocycles. The fourth-order valence-electron chi connectivity index (χ4n) is 5.54. The maximum Gasteiger partial charge on any atom is 0.408 e. The SMILES string of the molecule is CC(C)(C)OC(=O)N[C@@H]1C=C(C2=C[C@@H](COC(=O)c3ccccc3)N(S(=O)(=O)c3ccc(Br)cc3)C2)CN(S(=O)(=O)c2ccccc2[N+](=O)[O-])C1. The zero-order valence-electron chi connectivity index (χ0n) is 27.8. The van der Waals surface area contributed by atoms with E-state index in [-0.39, 0.29) is 36.7 Å². The molecule has 3 aromatic carbocycles. The average molecular weight is 804 g/mol. The number of rotatable bonds is 10. The third kappa shape index (κ3) is 8.91. The van der Waals surface area contributed by atoms with Crippen LogP contribution in [0.2, 0.25) is 0 Å². The Kier molecular flexibility index (Phi) is 11.2. The molecule has 2 atom stereocenters. The van der Waals surface area contributed by atoms with Gasteiger partial charge in [-0.3, -0.25) is 10.1 Å². The number of para-hydroxylation sites is 1. The molecule has 0 saturated heterocycles. The number of nitro benzene ring substituents is 1. The van der Waals surface area contributed by atoms with Crippen molar-refractivity contribution < 1.29 is 40.8 Å². The van der Waals surface area contributed by atoms with Crippen molar-refractivity contribution in [1.29, 1.82) is 0 Å². The van der Waals surface area contributed by atoms with Gasteiger partial charge in [0.1, 0.15) is 12.2 Å². The van der Waals surface area contributed by atoms with Crippen LogP contribution in [0.3, 0.4) is 0 Å². The number of carbonyl (C=O) groups is 2. The molecule has 0 aliphatic carbocycles. The van der Waals surface area contributed by atoms with E-state index in [4.69, 9.17) is 9.47 Å². The van der Waals surface area contributed by atoms with Crippen LogP contribution in [0.5, 0.6) is 0 Å². The highest BCUT2D eigenvalue weighted by Crippen LogP contribution is 2.34. The first kappa shape index (κ1) is 37.8. The van der Waals surface area contributed by atoms with Gasteiger partial charge in [-0.1, -0.05) is 58.4 Å². The van der Waals surface area contributed by atoms with Crippen molar-refractivity contribution in [2.75, 3.05) is 26.2 Å². The third-order valence-corrected chi connectivity index (χ3v) is 12.1. The lowest BCUT2D eigenvalue weighted by atomic mass is 10.0. The molecule has 1 amide bonds. The van der Waals surface area contributed by atoms with Crippen molar-refractivity contribution >= 4 is 53.7 Å². The van der Waals surface area contributed by atoms with Gasteiger partial charge in [-0.15, -0.1) is 0 Å². The van der Waals surface area contributed by atoms with Crippen molar-refractivity contribution in [3.63, 3.8) is 0 Å². The Hall–Kier alpha value is -4.42. The molecule has 17 heteroatoms. The molecule has 270 valence electrons. The van der Waals surface area contributed by atoms with Crippen LogP contribution in [0.15, 0.2) is 116 Å². The van der Waals surface area contributed by atoms with Crippen LogP contribution < -0.4 is 5.32 Å².